The third kappa shape index (κ3) is 4.89. The molecule has 61 heavy (non-hydrogen) atoms. The number of hydrogen-bond donors (Lipinski definition) is 0. The molecule has 0 amide bonds. The van der Waals surface area contributed by atoms with E-state index in [4.69, 9.17) is 0 Å². The largest absolute Gasteiger partial charge is 0.311 e. The van der Waals surface area contributed by atoms with E-state index in [0.717, 1.165) is 12.1 Å². The predicted octanol–water partition coefficient (Wildman–Crippen LogP) is 15.3. The second kappa shape index (κ2) is 13.1. The van der Waals surface area contributed by atoms with E-state index in [-0.39, 0.29) is 0 Å². The van der Waals surface area contributed by atoms with Gasteiger partial charge in [-0.2, -0.15) is 0 Å². The molecule has 0 saturated carbocycles. The summed E-state index contributed by atoms with van der Waals surface area (Å²) in [7, 11) is 0. The zero-order chi connectivity index (χ0) is 40.1. The number of rotatable bonds is 5. The highest BCUT2D eigenvalue weighted by Crippen LogP contribution is 2.65. The van der Waals surface area contributed by atoms with Crippen LogP contribution in [0.4, 0.5) is 11.4 Å². The smallest absolute Gasteiger partial charge is 0.0803 e. The van der Waals surface area contributed by atoms with Gasteiger partial charge in [0.15, 0.2) is 0 Å². The number of fused-ring (bicyclic) bond motifs is 12. The van der Waals surface area contributed by atoms with Gasteiger partial charge >= 0.3 is 0 Å². The molecule has 1 nitrogen and oxygen atoms in total. The zero-order valence-corrected chi connectivity index (χ0v) is 33.5. The van der Waals surface area contributed by atoms with E-state index < -0.39 is 5.41 Å². The van der Waals surface area contributed by atoms with E-state index in [0.29, 0.717) is 0 Å². The molecule has 1 spiro atoms. The Morgan fingerprint density at radius 2 is 1.07 bits per heavy atom. The summed E-state index contributed by atoms with van der Waals surface area (Å²) in [5.41, 5.74) is 23.5. The standard InChI is InChI=1S/C60H39N/c1-3-17-40(18-4-1)51-38-52-47-28-13-8-22-42(47)35-53(52)59(58(51)41-20-5-2-6-21-41)61(56-31-15-25-39-19-7-14-29-48(39)56)57-33-32-50-46-27-12-10-24-44(46)37-55(50)60(57)34-16-30-49-45-26-11-9-23-43(45)36-54(49)60/h1-34,36-38H,35H2. The van der Waals surface area contributed by atoms with Gasteiger partial charge in [0.2, 0.25) is 0 Å². The average Bonchev–Trinajstić information content (AvgIpc) is 4.03. The van der Waals surface area contributed by atoms with Gasteiger partial charge in [-0.1, -0.05) is 194 Å². The lowest BCUT2D eigenvalue weighted by Crippen LogP contribution is -2.37. The summed E-state index contributed by atoms with van der Waals surface area (Å²) in [5.74, 6) is 0. The normalized spacial score (nSPS) is 17.3. The highest BCUT2D eigenvalue weighted by atomic mass is 15.2. The zero-order valence-electron chi connectivity index (χ0n) is 33.5. The molecule has 13 rings (SSSR count). The Morgan fingerprint density at radius 1 is 0.459 bits per heavy atom. The van der Waals surface area contributed by atoms with Crippen LogP contribution in [0, 0.1) is 5.41 Å². The topological polar surface area (TPSA) is 3.24 Å². The van der Waals surface area contributed by atoms with E-state index in [2.05, 4.69) is 229 Å². The average molecular weight is 774 g/mol. The summed E-state index contributed by atoms with van der Waals surface area (Å²) in [6, 6.07) is 67.3. The van der Waals surface area contributed by atoms with Crippen molar-refractivity contribution in [1.29, 1.82) is 0 Å². The fourth-order valence-electron chi connectivity index (χ4n) is 11.0. The maximum Gasteiger partial charge on any atom is 0.0803 e. The molecule has 0 fully saturated rings. The summed E-state index contributed by atoms with van der Waals surface area (Å²) in [6.45, 7) is 0. The number of benzene rings is 8. The molecule has 1 unspecified atom stereocenters. The minimum absolute atomic E-state index is 0.641. The first-order chi connectivity index (χ1) is 30.3. The minimum Gasteiger partial charge on any atom is -0.311 e. The molecule has 8 aromatic carbocycles. The van der Waals surface area contributed by atoms with Crippen molar-refractivity contribution in [1.82, 2.24) is 0 Å². The van der Waals surface area contributed by atoms with Gasteiger partial charge in [0.05, 0.1) is 16.8 Å². The highest BCUT2D eigenvalue weighted by molar-refractivity contribution is 6.10. The molecule has 284 valence electrons. The Hall–Kier alpha value is -7.74. The summed E-state index contributed by atoms with van der Waals surface area (Å²) >= 11 is 0. The Kier molecular flexibility index (Phi) is 7.35. The Labute approximate surface area is 356 Å². The van der Waals surface area contributed by atoms with Crippen molar-refractivity contribution in [3.8, 4) is 33.4 Å². The SMILES string of the molecule is C1=CC2(C3=Cc4ccccc4C3=C1)C1=Cc3ccccc3C1=CC=C2N(c1c2c(cc(-c3ccccc3)c1-c1ccccc1)-c1ccccc1C2)c1cccc2ccccc12. The fourth-order valence-corrected chi connectivity index (χ4v) is 11.0. The first-order valence-electron chi connectivity index (χ1n) is 21.4. The summed E-state index contributed by atoms with van der Waals surface area (Å²) < 4.78 is 0. The lowest BCUT2D eigenvalue weighted by atomic mass is 9.63. The van der Waals surface area contributed by atoms with E-state index in [1.54, 1.807) is 0 Å². The van der Waals surface area contributed by atoms with Crippen LogP contribution in [-0.4, -0.2) is 0 Å². The molecule has 0 aliphatic heterocycles. The van der Waals surface area contributed by atoms with Crippen molar-refractivity contribution in [2.45, 2.75) is 6.42 Å². The molecular formula is C60H39N. The van der Waals surface area contributed by atoms with Gasteiger partial charge in [0.25, 0.3) is 0 Å². The molecule has 5 aliphatic carbocycles. The van der Waals surface area contributed by atoms with Crippen LogP contribution in [0.15, 0.2) is 229 Å². The van der Waals surface area contributed by atoms with Crippen LogP contribution < -0.4 is 4.90 Å². The molecule has 0 radical (unpaired) electrons. The Bertz CT molecular complexity index is 3340. The van der Waals surface area contributed by atoms with Crippen LogP contribution in [0.5, 0.6) is 0 Å². The highest BCUT2D eigenvalue weighted by Gasteiger charge is 2.51. The van der Waals surface area contributed by atoms with Crippen LogP contribution in [0.1, 0.15) is 33.4 Å². The van der Waals surface area contributed by atoms with Crippen molar-refractivity contribution in [2.75, 3.05) is 4.90 Å². The maximum absolute atomic E-state index is 2.70. The summed E-state index contributed by atoms with van der Waals surface area (Å²) in [6.07, 6.45) is 17.8. The van der Waals surface area contributed by atoms with Crippen molar-refractivity contribution in [2.24, 2.45) is 5.41 Å². The summed E-state index contributed by atoms with van der Waals surface area (Å²) in [4.78, 5) is 2.70. The molecule has 0 bridgehead atoms. The fraction of sp³-hybridized carbons (Fsp3) is 0.0333. The van der Waals surface area contributed by atoms with E-state index in [1.165, 1.54) is 111 Å². The van der Waals surface area contributed by atoms with Crippen LogP contribution in [0.25, 0.3) is 67.5 Å². The van der Waals surface area contributed by atoms with E-state index >= 15 is 0 Å². The quantitative estimate of drug-likeness (QED) is 0.168. The molecule has 0 aromatic heterocycles. The van der Waals surface area contributed by atoms with Gasteiger partial charge in [-0.05, 0) is 119 Å². The first kappa shape index (κ1) is 34.2. The van der Waals surface area contributed by atoms with Crippen LogP contribution in [0.3, 0.4) is 0 Å². The molecular weight excluding hydrogens is 735 g/mol. The molecule has 1 atom stereocenters. The van der Waals surface area contributed by atoms with Gasteiger partial charge in [0.1, 0.15) is 0 Å². The van der Waals surface area contributed by atoms with Crippen molar-refractivity contribution in [3.05, 3.63) is 263 Å². The molecule has 1 heteroatoms. The van der Waals surface area contributed by atoms with Crippen molar-refractivity contribution in [3.63, 3.8) is 0 Å². The lowest BCUT2D eigenvalue weighted by Gasteiger charge is -2.47. The van der Waals surface area contributed by atoms with Crippen molar-refractivity contribution >= 4 is 45.4 Å². The Balaban J connectivity index is 1.21. The van der Waals surface area contributed by atoms with Gasteiger partial charge < -0.3 is 4.90 Å². The predicted molar refractivity (Wildman–Crippen MR) is 256 cm³/mol. The van der Waals surface area contributed by atoms with E-state index in [1.807, 2.05) is 0 Å². The number of anilines is 2. The number of nitrogens with zero attached hydrogens (tertiary/aromatic N) is 1. The molecule has 5 aliphatic rings. The lowest BCUT2D eigenvalue weighted by molar-refractivity contribution is 0.677. The van der Waals surface area contributed by atoms with Gasteiger partial charge in [-0.15, -0.1) is 0 Å². The van der Waals surface area contributed by atoms with Gasteiger partial charge in [0, 0.05) is 23.1 Å². The minimum atomic E-state index is -0.641. The Morgan fingerprint density at radius 3 is 1.82 bits per heavy atom. The van der Waals surface area contributed by atoms with Crippen molar-refractivity contribution < 1.29 is 0 Å². The van der Waals surface area contributed by atoms with Crippen LogP contribution >= 0.6 is 0 Å². The van der Waals surface area contributed by atoms with Gasteiger partial charge in [-0.25, -0.2) is 0 Å². The van der Waals surface area contributed by atoms with E-state index in [9.17, 15) is 0 Å². The molecule has 0 N–H and O–H groups in total. The van der Waals surface area contributed by atoms with Gasteiger partial charge in [-0.3, -0.25) is 0 Å². The van der Waals surface area contributed by atoms with Crippen LogP contribution in [0.2, 0.25) is 0 Å². The third-order valence-corrected chi connectivity index (χ3v) is 13.7. The number of allylic oxidation sites excluding steroid dienone is 7. The molecule has 0 heterocycles. The second-order valence-corrected chi connectivity index (χ2v) is 16.7. The molecule has 8 aromatic rings. The third-order valence-electron chi connectivity index (χ3n) is 13.7. The summed E-state index contributed by atoms with van der Waals surface area (Å²) in [5, 5.41) is 2.43. The first-order valence-corrected chi connectivity index (χ1v) is 21.4. The second-order valence-electron chi connectivity index (χ2n) is 16.7. The molecule has 0 saturated heterocycles. The van der Waals surface area contributed by atoms with Crippen LogP contribution in [-0.2, 0) is 6.42 Å². The number of hydrogen-bond acceptors (Lipinski definition) is 1. The monoisotopic (exact) mass is 773 g/mol. The maximum atomic E-state index is 2.70.